The normalized spacial score (nSPS) is 27.2. The Labute approximate surface area is 76.8 Å². The topological polar surface area (TPSA) is 23.8 Å². The lowest BCUT2D eigenvalue weighted by Crippen LogP contribution is -1.91. The monoisotopic (exact) mass is 167 g/mol. The maximum absolute atomic E-state index is 8.36. The Balaban J connectivity index is 0.000000354. The molecule has 1 nitrogen and oxygen atoms in total. The molecule has 1 saturated carbocycles. The zero-order valence-corrected chi connectivity index (χ0v) is 8.64. The fourth-order valence-electron chi connectivity index (χ4n) is 1.64. The van der Waals surface area contributed by atoms with Gasteiger partial charge in [0, 0.05) is 6.42 Å². The molecule has 0 spiro atoms. The molecular formula is C11H21N. The van der Waals surface area contributed by atoms with E-state index in [1.54, 1.807) is 0 Å². The van der Waals surface area contributed by atoms with Crippen molar-refractivity contribution in [1.82, 2.24) is 0 Å². The van der Waals surface area contributed by atoms with E-state index in [-0.39, 0.29) is 0 Å². The molecular weight excluding hydrogens is 146 g/mol. The molecule has 1 fully saturated rings. The van der Waals surface area contributed by atoms with Crippen molar-refractivity contribution in [2.24, 2.45) is 11.8 Å². The van der Waals surface area contributed by atoms with E-state index in [1.165, 1.54) is 25.7 Å². The molecule has 2 atom stereocenters. The largest absolute Gasteiger partial charge is 0.198 e. The summed E-state index contributed by atoms with van der Waals surface area (Å²) in [6.45, 7) is 6.53. The van der Waals surface area contributed by atoms with Crippen molar-refractivity contribution in [3.63, 3.8) is 0 Å². The van der Waals surface area contributed by atoms with Gasteiger partial charge in [0.05, 0.1) is 6.07 Å². The predicted molar refractivity (Wildman–Crippen MR) is 52.7 cm³/mol. The van der Waals surface area contributed by atoms with Crippen LogP contribution in [-0.4, -0.2) is 0 Å². The summed E-state index contributed by atoms with van der Waals surface area (Å²) < 4.78 is 0. The lowest BCUT2D eigenvalue weighted by molar-refractivity contribution is 0.525. The van der Waals surface area contributed by atoms with Crippen molar-refractivity contribution in [3.05, 3.63) is 0 Å². The maximum Gasteiger partial charge on any atom is 0.0624 e. The molecule has 70 valence electrons. The van der Waals surface area contributed by atoms with E-state index in [4.69, 9.17) is 5.26 Å². The van der Waals surface area contributed by atoms with Crippen LogP contribution in [0.5, 0.6) is 0 Å². The van der Waals surface area contributed by atoms with Crippen LogP contribution in [0.4, 0.5) is 0 Å². The van der Waals surface area contributed by atoms with E-state index in [9.17, 15) is 0 Å². The Hall–Kier alpha value is -0.510. The van der Waals surface area contributed by atoms with Crippen LogP contribution in [-0.2, 0) is 0 Å². The van der Waals surface area contributed by atoms with Gasteiger partial charge in [0.2, 0.25) is 0 Å². The van der Waals surface area contributed by atoms with Crippen LogP contribution in [0.1, 0.15) is 52.9 Å². The summed E-state index contributed by atoms with van der Waals surface area (Å²) in [7, 11) is 0. The van der Waals surface area contributed by atoms with Crippen molar-refractivity contribution in [2.75, 3.05) is 0 Å². The smallest absolute Gasteiger partial charge is 0.0624 e. The average Bonchev–Trinajstić information content (AvgIpc) is 2.38. The fourth-order valence-corrected chi connectivity index (χ4v) is 1.64. The molecule has 0 aliphatic heterocycles. The van der Waals surface area contributed by atoms with Crippen LogP contribution in [0.2, 0.25) is 0 Å². The van der Waals surface area contributed by atoms with Crippen molar-refractivity contribution >= 4 is 0 Å². The van der Waals surface area contributed by atoms with Crippen molar-refractivity contribution in [1.29, 1.82) is 5.26 Å². The van der Waals surface area contributed by atoms with E-state index in [0.717, 1.165) is 18.3 Å². The first-order valence-corrected chi connectivity index (χ1v) is 5.11. The number of nitrogens with zero attached hydrogens (tertiary/aromatic N) is 1. The van der Waals surface area contributed by atoms with Gasteiger partial charge in [-0.25, -0.2) is 0 Å². The minimum absolute atomic E-state index is 0.727. The number of hydrogen-bond acceptors (Lipinski definition) is 1. The summed E-state index contributed by atoms with van der Waals surface area (Å²) in [5.74, 6) is 1.60. The van der Waals surface area contributed by atoms with Gasteiger partial charge in [0.15, 0.2) is 0 Å². The van der Waals surface area contributed by atoms with Gasteiger partial charge in [-0.1, -0.05) is 33.6 Å². The van der Waals surface area contributed by atoms with Crippen molar-refractivity contribution in [2.45, 2.75) is 52.9 Å². The van der Waals surface area contributed by atoms with Gasteiger partial charge in [-0.2, -0.15) is 5.26 Å². The Morgan fingerprint density at radius 2 is 1.92 bits per heavy atom. The van der Waals surface area contributed by atoms with Gasteiger partial charge in [-0.05, 0) is 24.7 Å². The highest BCUT2D eigenvalue weighted by Gasteiger charge is 2.20. The van der Waals surface area contributed by atoms with Gasteiger partial charge in [-0.15, -0.1) is 0 Å². The van der Waals surface area contributed by atoms with E-state index >= 15 is 0 Å². The molecule has 1 aliphatic rings. The molecule has 0 aromatic carbocycles. The summed E-state index contributed by atoms with van der Waals surface area (Å²) in [4.78, 5) is 0. The molecule has 1 rings (SSSR count). The average molecular weight is 167 g/mol. The van der Waals surface area contributed by atoms with Gasteiger partial charge in [-0.3, -0.25) is 0 Å². The number of nitriles is 1. The van der Waals surface area contributed by atoms with Crippen LogP contribution in [0.3, 0.4) is 0 Å². The Morgan fingerprint density at radius 1 is 1.33 bits per heavy atom. The summed E-state index contributed by atoms with van der Waals surface area (Å²) >= 11 is 0. The standard InChI is InChI=1S/C8H13N.C3H8/c1-7-2-3-8(6-7)4-5-9;1-3-2/h7-8H,2-4,6H2,1H3;3H2,1-2H3. The second-order valence-electron chi connectivity index (χ2n) is 3.85. The van der Waals surface area contributed by atoms with Gasteiger partial charge >= 0.3 is 0 Å². The third-order valence-electron chi connectivity index (χ3n) is 2.18. The molecule has 0 N–H and O–H groups in total. The predicted octanol–water partition coefficient (Wildman–Crippen LogP) is 3.75. The number of rotatable bonds is 1. The van der Waals surface area contributed by atoms with E-state index in [1.807, 2.05) is 0 Å². The highest BCUT2D eigenvalue weighted by molar-refractivity contribution is 4.81. The van der Waals surface area contributed by atoms with Crippen LogP contribution in [0.15, 0.2) is 0 Å². The van der Waals surface area contributed by atoms with Crippen molar-refractivity contribution < 1.29 is 0 Å². The zero-order valence-electron chi connectivity index (χ0n) is 8.64. The minimum Gasteiger partial charge on any atom is -0.198 e. The zero-order chi connectivity index (χ0) is 9.40. The molecule has 0 aromatic heterocycles. The quantitative estimate of drug-likeness (QED) is 0.583. The van der Waals surface area contributed by atoms with Crippen LogP contribution < -0.4 is 0 Å². The van der Waals surface area contributed by atoms with Gasteiger partial charge in [0.1, 0.15) is 0 Å². The Kier molecular flexibility index (Phi) is 6.85. The third-order valence-corrected chi connectivity index (χ3v) is 2.18. The molecule has 1 aliphatic carbocycles. The van der Waals surface area contributed by atoms with Gasteiger partial charge < -0.3 is 0 Å². The first kappa shape index (κ1) is 11.5. The highest BCUT2D eigenvalue weighted by atomic mass is 14.3. The Bertz CT molecular complexity index is 134. The molecule has 0 saturated heterocycles. The van der Waals surface area contributed by atoms with Crippen LogP contribution in [0, 0.1) is 23.2 Å². The van der Waals surface area contributed by atoms with E-state index in [0.29, 0.717) is 0 Å². The van der Waals surface area contributed by atoms with Crippen LogP contribution >= 0.6 is 0 Å². The molecule has 0 heterocycles. The van der Waals surface area contributed by atoms with E-state index in [2.05, 4.69) is 26.8 Å². The lowest BCUT2D eigenvalue weighted by atomic mass is 10.0. The highest BCUT2D eigenvalue weighted by Crippen LogP contribution is 2.31. The molecule has 2 unspecified atom stereocenters. The molecule has 12 heavy (non-hydrogen) atoms. The SMILES string of the molecule is CC1CCC(CC#N)C1.CCC. The second-order valence-corrected chi connectivity index (χ2v) is 3.85. The molecule has 0 amide bonds. The van der Waals surface area contributed by atoms with Crippen LogP contribution in [0.25, 0.3) is 0 Å². The lowest BCUT2D eigenvalue weighted by Gasteiger charge is -2.00. The summed E-state index contributed by atoms with van der Waals surface area (Å²) in [5.41, 5.74) is 0. The third kappa shape index (κ3) is 5.18. The molecule has 1 heteroatoms. The van der Waals surface area contributed by atoms with E-state index < -0.39 is 0 Å². The summed E-state index contributed by atoms with van der Waals surface area (Å²) in [6, 6.07) is 2.23. The second kappa shape index (κ2) is 7.16. The molecule has 0 aromatic rings. The molecule has 0 radical (unpaired) electrons. The molecule has 0 bridgehead atoms. The van der Waals surface area contributed by atoms with Crippen molar-refractivity contribution in [3.8, 4) is 6.07 Å². The maximum atomic E-state index is 8.36. The summed E-state index contributed by atoms with van der Waals surface area (Å²) in [6.07, 6.45) is 5.94. The number of hydrogen-bond donors (Lipinski definition) is 0. The minimum atomic E-state index is 0.727. The first-order valence-electron chi connectivity index (χ1n) is 5.11. The van der Waals surface area contributed by atoms with Gasteiger partial charge in [0.25, 0.3) is 0 Å². The fraction of sp³-hybridized carbons (Fsp3) is 0.909. The summed E-state index contributed by atoms with van der Waals surface area (Å²) in [5, 5.41) is 8.36. The first-order chi connectivity index (χ1) is 5.74. The Morgan fingerprint density at radius 3 is 2.25 bits per heavy atom.